The van der Waals surface area contributed by atoms with E-state index >= 15 is 0 Å². The van der Waals surface area contributed by atoms with Gasteiger partial charge < -0.3 is 5.32 Å². The van der Waals surface area contributed by atoms with Crippen LogP contribution in [0, 0.1) is 11.7 Å². The summed E-state index contributed by atoms with van der Waals surface area (Å²) in [7, 11) is 0. The maximum atomic E-state index is 12.6. The lowest BCUT2D eigenvalue weighted by atomic mass is 9.80. The molecule has 1 saturated carbocycles. The largest absolute Gasteiger partial charge is 0.382 e. The molecule has 1 aromatic rings. The van der Waals surface area contributed by atoms with Gasteiger partial charge in [0, 0.05) is 11.7 Å². The van der Waals surface area contributed by atoms with Crippen molar-refractivity contribution in [3.05, 3.63) is 30.1 Å². The molecule has 1 atom stereocenters. The van der Waals surface area contributed by atoms with Crippen molar-refractivity contribution in [3.63, 3.8) is 0 Å². The van der Waals surface area contributed by atoms with Crippen LogP contribution in [0.2, 0.25) is 0 Å². The Morgan fingerprint density at radius 3 is 2.43 bits per heavy atom. The standard InChI is InChI=1S/C12H16FN/c1-9(10-3-2-4-10)14-12-7-5-11(13)6-8-12/h5-10,14H,2-4H2,1H3. The Hall–Kier alpha value is -1.05. The van der Waals surface area contributed by atoms with Crippen LogP contribution in [0.3, 0.4) is 0 Å². The predicted molar refractivity (Wildman–Crippen MR) is 56.8 cm³/mol. The molecule has 0 spiro atoms. The lowest BCUT2D eigenvalue weighted by Gasteiger charge is -2.32. The van der Waals surface area contributed by atoms with Crippen LogP contribution in [0.25, 0.3) is 0 Å². The Morgan fingerprint density at radius 2 is 1.93 bits per heavy atom. The summed E-state index contributed by atoms with van der Waals surface area (Å²) < 4.78 is 12.6. The molecule has 0 aromatic heterocycles. The number of halogens is 1. The minimum atomic E-state index is -0.174. The highest BCUT2D eigenvalue weighted by molar-refractivity contribution is 5.43. The maximum Gasteiger partial charge on any atom is 0.123 e. The van der Waals surface area contributed by atoms with Crippen molar-refractivity contribution < 1.29 is 4.39 Å². The first-order valence-corrected chi connectivity index (χ1v) is 5.28. The number of anilines is 1. The minimum absolute atomic E-state index is 0.174. The third kappa shape index (κ3) is 2.06. The number of hydrogen-bond acceptors (Lipinski definition) is 1. The predicted octanol–water partition coefficient (Wildman–Crippen LogP) is 3.43. The van der Waals surface area contributed by atoms with Crippen molar-refractivity contribution in [1.29, 1.82) is 0 Å². The summed E-state index contributed by atoms with van der Waals surface area (Å²) in [6.45, 7) is 2.20. The first kappa shape index (κ1) is 9.50. The highest BCUT2D eigenvalue weighted by Crippen LogP contribution is 2.30. The van der Waals surface area contributed by atoms with E-state index in [2.05, 4.69) is 12.2 Å². The normalized spacial score (nSPS) is 18.7. The quantitative estimate of drug-likeness (QED) is 0.775. The average molecular weight is 193 g/mol. The number of nitrogens with one attached hydrogen (secondary N) is 1. The second kappa shape index (κ2) is 3.99. The lowest BCUT2D eigenvalue weighted by molar-refractivity contribution is 0.285. The van der Waals surface area contributed by atoms with E-state index in [1.807, 2.05) is 0 Å². The highest BCUT2D eigenvalue weighted by Gasteiger charge is 2.23. The molecule has 1 aromatic carbocycles. The molecule has 1 nitrogen and oxygen atoms in total. The van der Waals surface area contributed by atoms with Crippen molar-refractivity contribution in [2.45, 2.75) is 32.2 Å². The summed E-state index contributed by atoms with van der Waals surface area (Å²) >= 11 is 0. The molecule has 1 unspecified atom stereocenters. The summed E-state index contributed by atoms with van der Waals surface area (Å²) in [5.41, 5.74) is 1.02. The molecular weight excluding hydrogens is 177 g/mol. The van der Waals surface area contributed by atoms with Crippen LogP contribution in [0.5, 0.6) is 0 Å². The van der Waals surface area contributed by atoms with E-state index in [1.165, 1.54) is 31.4 Å². The summed E-state index contributed by atoms with van der Waals surface area (Å²) in [6.07, 6.45) is 4.02. The fourth-order valence-electron chi connectivity index (χ4n) is 1.87. The summed E-state index contributed by atoms with van der Waals surface area (Å²) in [4.78, 5) is 0. The molecular formula is C12H16FN. The van der Waals surface area contributed by atoms with E-state index in [1.54, 1.807) is 12.1 Å². The zero-order valence-corrected chi connectivity index (χ0v) is 8.46. The van der Waals surface area contributed by atoms with Crippen LogP contribution in [0.15, 0.2) is 24.3 Å². The zero-order chi connectivity index (χ0) is 9.97. The molecule has 1 aliphatic carbocycles. The van der Waals surface area contributed by atoms with Crippen molar-refractivity contribution in [1.82, 2.24) is 0 Å². The third-order valence-electron chi connectivity index (χ3n) is 3.10. The SMILES string of the molecule is CC(Nc1ccc(F)cc1)C1CCC1. The van der Waals surface area contributed by atoms with Gasteiger partial charge in [-0.25, -0.2) is 4.39 Å². The van der Waals surface area contributed by atoms with E-state index in [4.69, 9.17) is 0 Å². The van der Waals surface area contributed by atoms with Gasteiger partial charge >= 0.3 is 0 Å². The van der Waals surface area contributed by atoms with Gasteiger partial charge in [-0.3, -0.25) is 0 Å². The van der Waals surface area contributed by atoms with Crippen LogP contribution in [-0.4, -0.2) is 6.04 Å². The number of hydrogen-bond donors (Lipinski definition) is 1. The van der Waals surface area contributed by atoms with E-state index in [0.717, 1.165) is 11.6 Å². The Balaban J connectivity index is 1.92. The van der Waals surface area contributed by atoms with Crippen LogP contribution < -0.4 is 5.32 Å². The lowest BCUT2D eigenvalue weighted by Crippen LogP contribution is -2.30. The van der Waals surface area contributed by atoms with Gasteiger partial charge in [-0.1, -0.05) is 6.42 Å². The molecule has 0 amide bonds. The van der Waals surface area contributed by atoms with Gasteiger partial charge in [0.25, 0.3) is 0 Å². The molecule has 1 fully saturated rings. The summed E-state index contributed by atoms with van der Waals surface area (Å²) in [6, 6.07) is 7.09. The average Bonchev–Trinajstić information content (AvgIpc) is 2.06. The maximum absolute atomic E-state index is 12.6. The summed E-state index contributed by atoms with van der Waals surface area (Å²) in [5.74, 6) is 0.631. The smallest absolute Gasteiger partial charge is 0.123 e. The molecule has 1 aliphatic rings. The fraction of sp³-hybridized carbons (Fsp3) is 0.500. The monoisotopic (exact) mass is 193 g/mol. The number of benzene rings is 1. The Kier molecular flexibility index (Phi) is 2.71. The van der Waals surface area contributed by atoms with Gasteiger partial charge in [-0.05, 0) is 49.9 Å². The molecule has 0 heterocycles. The molecule has 14 heavy (non-hydrogen) atoms. The Labute approximate surface area is 84.3 Å². The van der Waals surface area contributed by atoms with Crippen molar-refractivity contribution in [2.75, 3.05) is 5.32 Å². The molecule has 76 valence electrons. The second-order valence-electron chi connectivity index (χ2n) is 4.13. The van der Waals surface area contributed by atoms with Gasteiger partial charge in [-0.2, -0.15) is 0 Å². The molecule has 2 rings (SSSR count). The van der Waals surface area contributed by atoms with Gasteiger partial charge in [0.1, 0.15) is 5.82 Å². The highest BCUT2D eigenvalue weighted by atomic mass is 19.1. The van der Waals surface area contributed by atoms with Gasteiger partial charge in [0.2, 0.25) is 0 Å². The van der Waals surface area contributed by atoms with Gasteiger partial charge in [-0.15, -0.1) is 0 Å². The third-order valence-corrected chi connectivity index (χ3v) is 3.10. The van der Waals surface area contributed by atoms with Crippen LogP contribution >= 0.6 is 0 Å². The van der Waals surface area contributed by atoms with Crippen molar-refractivity contribution in [3.8, 4) is 0 Å². The van der Waals surface area contributed by atoms with E-state index in [9.17, 15) is 4.39 Å². The van der Waals surface area contributed by atoms with Gasteiger partial charge in [0.05, 0.1) is 0 Å². The molecule has 2 heteroatoms. The topological polar surface area (TPSA) is 12.0 Å². The van der Waals surface area contributed by atoms with Crippen LogP contribution in [0.4, 0.5) is 10.1 Å². The number of rotatable bonds is 3. The van der Waals surface area contributed by atoms with E-state index in [0.29, 0.717) is 6.04 Å². The second-order valence-corrected chi connectivity index (χ2v) is 4.13. The van der Waals surface area contributed by atoms with E-state index in [-0.39, 0.29) is 5.82 Å². The van der Waals surface area contributed by atoms with Crippen LogP contribution in [0.1, 0.15) is 26.2 Å². The molecule has 0 radical (unpaired) electrons. The van der Waals surface area contributed by atoms with E-state index < -0.39 is 0 Å². The first-order valence-electron chi connectivity index (χ1n) is 5.28. The van der Waals surface area contributed by atoms with Crippen LogP contribution in [-0.2, 0) is 0 Å². The zero-order valence-electron chi connectivity index (χ0n) is 8.46. The summed E-state index contributed by atoms with van der Waals surface area (Å²) in [5, 5.41) is 3.40. The fourth-order valence-corrected chi connectivity index (χ4v) is 1.87. The molecule has 0 bridgehead atoms. The van der Waals surface area contributed by atoms with Crippen molar-refractivity contribution in [2.24, 2.45) is 5.92 Å². The van der Waals surface area contributed by atoms with Gasteiger partial charge in [0.15, 0.2) is 0 Å². The molecule has 0 saturated heterocycles. The first-order chi connectivity index (χ1) is 6.75. The Morgan fingerprint density at radius 1 is 1.29 bits per heavy atom. The minimum Gasteiger partial charge on any atom is -0.382 e. The molecule has 1 N–H and O–H groups in total. The van der Waals surface area contributed by atoms with Crippen molar-refractivity contribution >= 4 is 5.69 Å². The molecule has 0 aliphatic heterocycles. The Bertz CT molecular complexity index is 290.